The Labute approximate surface area is 117 Å². The van der Waals surface area contributed by atoms with Crippen LogP contribution >= 0.6 is 0 Å². The first-order valence-electron chi connectivity index (χ1n) is 7.73. The number of rotatable bonds is 4. The highest BCUT2D eigenvalue weighted by molar-refractivity contribution is 5.20. The van der Waals surface area contributed by atoms with Crippen LogP contribution in [0.4, 0.5) is 0 Å². The van der Waals surface area contributed by atoms with E-state index in [1.54, 1.807) is 0 Å². The maximum absolute atomic E-state index is 4.58. The number of aryl methyl sites for hydroxylation is 1. The zero-order valence-electron chi connectivity index (χ0n) is 13.1. The van der Waals surface area contributed by atoms with Gasteiger partial charge in [0.1, 0.15) is 0 Å². The van der Waals surface area contributed by atoms with Crippen molar-refractivity contribution in [1.82, 2.24) is 15.1 Å². The second kappa shape index (κ2) is 6.08. The maximum atomic E-state index is 4.58. The molecule has 3 atom stereocenters. The van der Waals surface area contributed by atoms with Gasteiger partial charge in [-0.25, -0.2) is 0 Å². The van der Waals surface area contributed by atoms with Crippen molar-refractivity contribution >= 4 is 0 Å². The third-order valence-electron chi connectivity index (χ3n) is 4.47. The molecule has 19 heavy (non-hydrogen) atoms. The van der Waals surface area contributed by atoms with Crippen molar-refractivity contribution in [3.8, 4) is 0 Å². The minimum absolute atomic E-state index is 0.502. The quantitative estimate of drug-likeness (QED) is 0.901. The van der Waals surface area contributed by atoms with Crippen LogP contribution in [0, 0.1) is 11.8 Å². The van der Waals surface area contributed by atoms with Crippen molar-refractivity contribution < 1.29 is 0 Å². The Bertz CT molecular complexity index is 408. The molecule has 1 aliphatic carbocycles. The van der Waals surface area contributed by atoms with Gasteiger partial charge in [-0.2, -0.15) is 5.10 Å². The molecule has 0 radical (unpaired) electrons. The van der Waals surface area contributed by atoms with Gasteiger partial charge in [0.25, 0.3) is 0 Å². The second-order valence-electron chi connectivity index (χ2n) is 6.75. The highest BCUT2D eigenvalue weighted by atomic mass is 15.3. The minimum atomic E-state index is 0.502. The Balaban J connectivity index is 1.95. The molecule has 1 saturated carbocycles. The first-order valence-corrected chi connectivity index (χ1v) is 7.73. The molecule has 0 spiro atoms. The zero-order valence-corrected chi connectivity index (χ0v) is 13.1. The number of hydrogen-bond acceptors (Lipinski definition) is 2. The minimum Gasteiger partial charge on any atom is -0.310 e. The fourth-order valence-corrected chi connectivity index (χ4v) is 3.39. The molecule has 0 aliphatic heterocycles. The molecule has 108 valence electrons. The van der Waals surface area contributed by atoms with Crippen LogP contribution in [-0.2, 0) is 13.6 Å². The van der Waals surface area contributed by atoms with Crippen LogP contribution in [0.2, 0.25) is 0 Å². The summed E-state index contributed by atoms with van der Waals surface area (Å²) in [5.41, 5.74) is 2.61. The third-order valence-corrected chi connectivity index (χ3v) is 4.47. The van der Waals surface area contributed by atoms with Gasteiger partial charge in [0.2, 0.25) is 0 Å². The molecule has 0 saturated heterocycles. The highest BCUT2D eigenvalue weighted by Crippen LogP contribution is 2.29. The predicted octanol–water partition coefficient (Wildman–Crippen LogP) is 3.46. The Kier molecular flexibility index (Phi) is 4.67. The van der Waals surface area contributed by atoms with Gasteiger partial charge in [0.15, 0.2) is 0 Å². The van der Waals surface area contributed by atoms with Crippen LogP contribution in [0.1, 0.15) is 64.1 Å². The molecule has 1 fully saturated rings. The van der Waals surface area contributed by atoms with Crippen LogP contribution in [-0.4, -0.2) is 15.8 Å². The molecular formula is C16H29N3. The molecule has 1 heterocycles. The Morgan fingerprint density at radius 2 is 2.11 bits per heavy atom. The lowest BCUT2D eigenvalue weighted by atomic mass is 9.80. The summed E-state index contributed by atoms with van der Waals surface area (Å²) in [6.45, 7) is 10.2. The van der Waals surface area contributed by atoms with Crippen molar-refractivity contribution in [2.75, 3.05) is 0 Å². The molecule has 1 aromatic rings. The topological polar surface area (TPSA) is 29.9 Å². The van der Waals surface area contributed by atoms with Crippen molar-refractivity contribution in [2.45, 2.75) is 65.5 Å². The fourth-order valence-electron chi connectivity index (χ4n) is 3.39. The summed E-state index contributed by atoms with van der Waals surface area (Å²) in [5.74, 6) is 2.20. The molecule has 0 bridgehead atoms. The molecule has 0 amide bonds. The van der Waals surface area contributed by atoms with E-state index in [2.05, 4.69) is 44.3 Å². The van der Waals surface area contributed by atoms with Crippen molar-refractivity contribution in [3.05, 3.63) is 17.5 Å². The van der Waals surface area contributed by atoms with Crippen LogP contribution in [0.15, 0.2) is 6.20 Å². The molecular weight excluding hydrogens is 234 g/mol. The van der Waals surface area contributed by atoms with E-state index in [1.165, 1.54) is 30.5 Å². The number of nitrogens with one attached hydrogen (secondary N) is 1. The molecule has 1 aliphatic rings. The molecule has 3 heteroatoms. The van der Waals surface area contributed by atoms with E-state index in [-0.39, 0.29) is 0 Å². The van der Waals surface area contributed by atoms with E-state index < -0.39 is 0 Å². The lowest BCUT2D eigenvalue weighted by molar-refractivity contribution is 0.227. The van der Waals surface area contributed by atoms with Gasteiger partial charge in [0.05, 0.1) is 5.69 Å². The van der Waals surface area contributed by atoms with Gasteiger partial charge >= 0.3 is 0 Å². The molecule has 0 aromatic carbocycles. The van der Waals surface area contributed by atoms with E-state index in [0.29, 0.717) is 12.0 Å². The number of aromatic nitrogens is 2. The van der Waals surface area contributed by atoms with Gasteiger partial charge in [0, 0.05) is 31.4 Å². The number of nitrogens with zero attached hydrogens (tertiary/aromatic N) is 2. The smallest absolute Gasteiger partial charge is 0.0694 e. The summed E-state index contributed by atoms with van der Waals surface area (Å²) >= 11 is 0. The highest BCUT2D eigenvalue weighted by Gasteiger charge is 2.25. The van der Waals surface area contributed by atoms with Gasteiger partial charge in [-0.3, -0.25) is 4.68 Å². The summed E-state index contributed by atoms with van der Waals surface area (Å²) in [4.78, 5) is 0. The lowest BCUT2D eigenvalue weighted by Gasteiger charge is -2.33. The first-order chi connectivity index (χ1) is 8.97. The summed E-state index contributed by atoms with van der Waals surface area (Å²) in [5, 5.41) is 8.35. The second-order valence-corrected chi connectivity index (χ2v) is 6.75. The Morgan fingerprint density at radius 3 is 2.74 bits per heavy atom. The van der Waals surface area contributed by atoms with Gasteiger partial charge in [-0.05, 0) is 37.0 Å². The van der Waals surface area contributed by atoms with Gasteiger partial charge in [-0.1, -0.05) is 27.7 Å². The zero-order chi connectivity index (χ0) is 14.0. The van der Waals surface area contributed by atoms with Crippen molar-refractivity contribution in [3.63, 3.8) is 0 Å². The fraction of sp³-hybridized carbons (Fsp3) is 0.812. The van der Waals surface area contributed by atoms with E-state index in [1.807, 2.05) is 11.7 Å². The van der Waals surface area contributed by atoms with Crippen molar-refractivity contribution in [2.24, 2.45) is 18.9 Å². The summed E-state index contributed by atoms with van der Waals surface area (Å²) in [6.07, 6.45) is 6.21. The summed E-state index contributed by atoms with van der Waals surface area (Å²) in [6, 6.07) is 0.677. The Morgan fingerprint density at radius 1 is 1.37 bits per heavy atom. The van der Waals surface area contributed by atoms with Crippen LogP contribution in [0.3, 0.4) is 0 Å². The standard InChI is InChI=1S/C16H29N3/c1-11(2)16-14(10-19(5)18-16)9-17-15-7-6-12(3)8-13(15)4/h10-13,15,17H,6-9H2,1-5H3. The summed E-state index contributed by atoms with van der Waals surface area (Å²) in [7, 11) is 2.01. The predicted molar refractivity (Wildman–Crippen MR) is 80.1 cm³/mol. The largest absolute Gasteiger partial charge is 0.310 e. The molecule has 1 N–H and O–H groups in total. The van der Waals surface area contributed by atoms with Gasteiger partial charge < -0.3 is 5.32 Å². The monoisotopic (exact) mass is 263 g/mol. The average Bonchev–Trinajstić information content (AvgIpc) is 2.69. The first kappa shape index (κ1) is 14.6. The van der Waals surface area contributed by atoms with Crippen molar-refractivity contribution in [1.29, 1.82) is 0 Å². The summed E-state index contributed by atoms with van der Waals surface area (Å²) < 4.78 is 1.94. The van der Waals surface area contributed by atoms with E-state index in [0.717, 1.165) is 18.4 Å². The SMILES string of the molecule is CC1CCC(NCc2cn(C)nc2C(C)C)C(C)C1. The van der Waals surface area contributed by atoms with Gasteiger partial charge in [-0.15, -0.1) is 0 Å². The van der Waals surface area contributed by atoms with E-state index in [4.69, 9.17) is 0 Å². The lowest BCUT2D eigenvalue weighted by Crippen LogP contribution is -2.38. The average molecular weight is 263 g/mol. The Hall–Kier alpha value is -0.830. The molecule has 3 unspecified atom stereocenters. The van der Waals surface area contributed by atoms with Crippen LogP contribution in [0.5, 0.6) is 0 Å². The molecule has 2 rings (SSSR count). The maximum Gasteiger partial charge on any atom is 0.0694 e. The normalized spacial score (nSPS) is 28.0. The van der Waals surface area contributed by atoms with Crippen LogP contribution in [0.25, 0.3) is 0 Å². The van der Waals surface area contributed by atoms with E-state index in [9.17, 15) is 0 Å². The van der Waals surface area contributed by atoms with E-state index >= 15 is 0 Å². The molecule has 1 aromatic heterocycles. The third kappa shape index (κ3) is 3.59. The molecule has 3 nitrogen and oxygen atoms in total. The van der Waals surface area contributed by atoms with Crippen LogP contribution < -0.4 is 5.32 Å². The number of hydrogen-bond donors (Lipinski definition) is 1.